The van der Waals surface area contributed by atoms with Crippen molar-refractivity contribution >= 4 is 51.1 Å². The van der Waals surface area contributed by atoms with Gasteiger partial charge in [-0.3, -0.25) is 4.79 Å². The summed E-state index contributed by atoms with van der Waals surface area (Å²) in [5, 5.41) is 3.77. The van der Waals surface area contributed by atoms with Crippen LogP contribution in [-0.4, -0.2) is 23.2 Å². The van der Waals surface area contributed by atoms with Gasteiger partial charge in [-0.05, 0) is 36.9 Å². The van der Waals surface area contributed by atoms with Gasteiger partial charge in [0.15, 0.2) is 10.3 Å². The Labute approximate surface area is 141 Å². The van der Waals surface area contributed by atoms with Crippen LogP contribution in [0.3, 0.4) is 0 Å². The number of carbonyl (C=O) groups is 1. The minimum atomic E-state index is -0.179. The maximum absolute atomic E-state index is 12.0. The average molecular weight is 346 g/mol. The van der Waals surface area contributed by atoms with E-state index in [1.807, 2.05) is 25.1 Å². The Kier molecular flexibility index (Phi) is 4.35. The molecule has 2 aromatic rings. The van der Waals surface area contributed by atoms with Crippen LogP contribution in [0.5, 0.6) is 5.75 Å². The van der Waals surface area contributed by atoms with Gasteiger partial charge in [0.2, 0.25) is 0 Å². The third-order valence-electron chi connectivity index (χ3n) is 3.16. The largest absolute Gasteiger partial charge is 0.496 e. The monoisotopic (exact) mass is 346 g/mol. The zero-order valence-electron chi connectivity index (χ0n) is 12.5. The number of nitrogens with two attached hydrogens (primary N) is 1. The average Bonchev–Trinajstić information content (AvgIpc) is 3.08. The third-order valence-corrected chi connectivity index (χ3v) is 4.85. The van der Waals surface area contributed by atoms with Crippen LogP contribution in [0.1, 0.15) is 10.4 Å². The van der Waals surface area contributed by atoms with Crippen molar-refractivity contribution in [2.45, 2.75) is 6.92 Å². The molecule has 6 nitrogen and oxygen atoms in total. The molecule has 1 aromatic heterocycles. The highest BCUT2D eigenvalue weighted by Gasteiger charge is 2.24. The number of benzene rings is 1. The summed E-state index contributed by atoms with van der Waals surface area (Å²) in [4.78, 5) is 21.9. The standard InChI is InChI=1S/C15H14N4O2S2/c1-8-10(4-3-5-11(8)21-2)18-15-19-13(20)12(23-15)6-9-7-17-14(16)22-9/h3-7H,1-2H3,(H2,16,17)(H,18,19,20). The Hall–Kier alpha value is -2.32. The van der Waals surface area contributed by atoms with E-state index in [0.717, 1.165) is 21.9 Å². The number of ether oxygens (including phenoxy) is 1. The van der Waals surface area contributed by atoms with E-state index in [0.29, 0.717) is 15.2 Å². The molecule has 1 fully saturated rings. The van der Waals surface area contributed by atoms with E-state index in [4.69, 9.17) is 10.5 Å². The number of hydrogen-bond acceptors (Lipinski definition) is 7. The molecule has 8 heteroatoms. The summed E-state index contributed by atoms with van der Waals surface area (Å²) in [5.74, 6) is 0.582. The van der Waals surface area contributed by atoms with E-state index < -0.39 is 0 Å². The molecule has 0 atom stereocenters. The molecule has 1 amide bonds. The predicted molar refractivity (Wildman–Crippen MR) is 95.1 cm³/mol. The molecule has 0 unspecified atom stereocenters. The Morgan fingerprint density at radius 3 is 2.96 bits per heavy atom. The number of aliphatic imine (C=N–C) groups is 1. The number of methoxy groups -OCH3 is 1. The number of nitrogens with zero attached hydrogens (tertiary/aromatic N) is 2. The van der Waals surface area contributed by atoms with Gasteiger partial charge in [-0.25, -0.2) is 9.98 Å². The van der Waals surface area contributed by atoms with E-state index in [1.54, 1.807) is 19.4 Å². The van der Waals surface area contributed by atoms with Gasteiger partial charge in [-0.1, -0.05) is 17.4 Å². The number of aromatic nitrogens is 1. The quantitative estimate of drug-likeness (QED) is 0.834. The SMILES string of the molecule is COc1cccc(N=C2NC(=O)C(=Cc3cnc(N)s3)S2)c1C. The Bertz CT molecular complexity index is 827. The molecule has 23 heavy (non-hydrogen) atoms. The number of hydrogen-bond donors (Lipinski definition) is 2. The molecule has 0 radical (unpaired) electrons. The first-order valence-corrected chi connectivity index (χ1v) is 8.34. The molecule has 0 aliphatic carbocycles. The van der Waals surface area contributed by atoms with Crippen LogP contribution in [0.2, 0.25) is 0 Å². The topological polar surface area (TPSA) is 89.6 Å². The number of nitrogens with one attached hydrogen (secondary N) is 1. The number of nitrogen functional groups attached to an aromatic ring is 1. The van der Waals surface area contributed by atoms with Crippen LogP contribution in [-0.2, 0) is 4.79 Å². The van der Waals surface area contributed by atoms with E-state index in [2.05, 4.69) is 15.3 Å². The van der Waals surface area contributed by atoms with Gasteiger partial charge in [0, 0.05) is 11.8 Å². The summed E-state index contributed by atoms with van der Waals surface area (Å²) >= 11 is 2.62. The number of thioether (sulfide) groups is 1. The van der Waals surface area contributed by atoms with Gasteiger partial charge in [0.05, 0.1) is 22.6 Å². The number of anilines is 1. The van der Waals surface area contributed by atoms with Crippen LogP contribution in [0.25, 0.3) is 6.08 Å². The number of rotatable bonds is 3. The molecule has 1 saturated heterocycles. The predicted octanol–water partition coefficient (Wildman–Crippen LogP) is 2.93. The molecule has 1 aliphatic heterocycles. The zero-order valence-corrected chi connectivity index (χ0v) is 14.1. The molecule has 118 valence electrons. The molecule has 0 bridgehead atoms. The molecule has 3 N–H and O–H groups in total. The molecule has 3 rings (SSSR count). The fraction of sp³-hybridized carbons (Fsp3) is 0.133. The summed E-state index contributed by atoms with van der Waals surface area (Å²) in [7, 11) is 1.62. The second-order valence-corrected chi connectivity index (χ2v) is 6.81. The lowest BCUT2D eigenvalue weighted by atomic mass is 10.2. The highest BCUT2D eigenvalue weighted by molar-refractivity contribution is 8.18. The highest BCUT2D eigenvalue weighted by Crippen LogP contribution is 2.32. The van der Waals surface area contributed by atoms with Crippen LogP contribution < -0.4 is 15.8 Å². The first-order chi connectivity index (χ1) is 11.1. The van der Waals surface area contributed by atoms with Crippen LogP contribution in [0.15, 0.2) is 34.3 Å². The summed E-state index contributed by atoms with van der Waals surface area (Å²) in [5.41, 5.74) is 7.28. The summed E-state index contributed by atoms with van der Waals surface area (Å²) in [6, 6.07) is 5.62. The van der Waals surface area contributed by atoms with E-state index >= 15 is 0 Å². The van der Waals surface area contributed by atoms with Gasteiger partial charge in [-0.2, -0.15) is 0 Å². The first kappa shape index (κ1) is 15.6. The van der Waals surface area contributed by atoms with Gasteiger partial charge in [0.25, 0.3) is 5.91 Å². The summed E-state index contributed by atoms with van der Waals surface area (Å²) in [6.45, 7) is 1.93. The molecular formula is C15H14N4O2S2. The van der Waals surface area contributed by atoms with Crippen molar-refractivity contribution in [3.05, 3.63) is 39.7 Å². The molecule has 2 heterocycles. The van der Waals surface area contributed by atoms with E-state index in [9.17, 15) is 4.79 Å². The molecular weight excluding hydrogens is 332 g/mol. The highest BCUT2D eigenvalue weighted by atomic mass is 32.2. The third kappa shape index (κ3) is 3.38. The summed E-state index contributed by atoms with van der Waals surface area (Å²) in [6.07, 6.45) is 3.40. The second kappa shape index (κ2) is 6.43. The van der Waals surface area contributed by atoms with Crippen molar-refractivity contribution < 1.29 is 9.53 Å². The molecule has 1 aromatic carbocycles. The maximum atomic E-state index is 12.0. The maximum Gasteiger partial charge on any atom is 0.264 e. The van der Waals surface area contributed by atoms with Gasteiger partial charge < -0.3 is 15.8 Å². The lowest BCUT2D eigenvalue weighted by Gasteiger charge is -2.06. The normalized spacial score (nSPS) is 17.7. The molecule has 0 spiro atoms. The van der Waals surface area contributed by atoms with Crippen LogP contribution >= 0.6 is 23.1 Å². The Balaban J connectivity index is 1.86. The number of thiazole rings is 1. The van der Waals surface area contributed by atoms with Crippen molar-refractivity contribution in [2.75, 3.05) is 12.8 Å². The minimum Gasteiger partial charge on any atom is -0.496 e. The van der Waals surface area contributed by atoms with E-state index in [-0.39, 0.29) is 5.91 Å². The Morgan fingerprint density at radius 1 is 1.43 bits per heavy atom. The number of amides is 1. The number of amidine groups is 1. The smallest absolute Gasteiger partial charge is 0.264 e. The zero-order chi connectivity index (χ0) is 16.4. The van der Waals surface area contributed by atoms with Crippen LogP contribution in [0, 0.1) is 6.92 Å². The number of carbonyl (C=O) groups excluding carboxylic acids is 1. The van der Waals surface area contributed by atoms with Gasteiger partial charge in [0.1, 0.15) is 5.75 Å². The lowest BCUT2D eigenvalue weighted by Crippen LogP contribution is -2.19. The van der Waals surface area contributed by atoms with Crippen molar-refractivity contribution in [1.82, 2.24) is 10.3 Å². The molecule has 0 saturated carbocycles. The van der Waals surface area contributed by atoms with Gasteiger partial charge >= 0.3 is 0 Å². The fourth-order valence-corrected chi connectivity index (χ4v) is 3.56. The van der Waals surface area contributed by atoms with Gasteiger partial charge in [-0.15, -0.1) is 0 Å². The van der Waals surface area contributed by atoms with E-state index in [1.165, 1.54) is 23.1 Å². The first-order valence-electron chi connectivity index (χ1n) is 6.71. The second-order valence-electron chi connectivity index (χ2n) is 4.69. The van der Waals surface area contributed by atoms with Crippen LogP contribution in [0.4, 0.5) is 10.8 Å². The van der Waals surface area contributed by atoms with Crippen molar-refractivity contribution in [2.24, 2.45) is 4.99 Å². The fourth-order valence-electron chi connectivity index (χ4n) is 2.03. The summed E-state index contributed by atoms with van der Waals surface area (Å²) < 4.78 is 5.28. The lowest BCUT2D eigenvalue weighted by molar-refractivity contribution is -0.115. The van der Waals surface area contributed by atoms with Crippen molar-refractivity contribution in [3.63, 3.8) is 0 Å². The van der Waals surface area contributed by atoms with Crippen molar-refractivity contribution in [3.8, 4) is 5.75 Å². The van der Waals surface area contributed by atoms with Crippen molar-refractivity contribution in [1.29, 1.82) is 0 Å². The minimum absolute atomic E-state index is 0.179. The molecule has 1 aliphatic rings. The Morgan fingerprint density at radius 2 is 2.26 bits per heavy atom.